The lowest BCUT2D eigenvalue weighted by Gasteiger charge is -2.03. The number of fused-ring (bicyclic) bond motifs is 4. The highest BCUT2D eigenvalue weighted by Gasteiger charge is 2.04. The molecular formula is C38H60N2+2. The van der Waals surface area contributed by atoms with Gasteiger partial charge < -0.3 is 0 Å². The predicted molar refractivity (Wildman–Crippen MR) is 171 cm³/mol. The molecule has 0 radical (unpaired) electrons. The Hall–Kier alpha value is -2.22. The maximum Gasteiger partial charge on any atom is 0.171 e. The fourth-order valence-electron chi connectivity index (χ4n) is 5.93. The molecule has 2 nitrogen and oxygen atoms in total. The Morgan fingerprint density at radius 3 is 1.15 bits per heavy atom. The molecule has 1 aliphatic heterocycles. The summed E-state index contributed by atoms with van der Waals surface area (Å²) in [4.78, 5) is 0. The highest BCUT2D eigenvalue weighted by atomic mass is 14.9. The molecule has 0 fully saturated rings. The molecule has 0 N–H and O–H groups in total. The Morgan fingerprint density at radius 2 is 0.725 bits per heavy atom. The van der Waals surface area contributed by atoms with Crippen LogP contribution in [0.25, 0.3) is 0 Å². The van der Waals surface area contributed by atoms with Crippen molar-refractivity contribution in [3.05, 3.63) is 84.5 Å². The zero-order chi connectivity index (χ0) is 27.8. The highest BCUT2D eigenvalue weighted by Crippen LogP contribution is 2.12. The minimum absolute atomic E-state index is 1.16. The summed E-state index contributed by atoms with van der Waals surface area (Å²) in [5.41, 5.74) is 2.96. The fraction of sp³-hybridized carbons (Fsp3) is 0.632. The maximum absolute atomic E-state index is 2.42. The molecule has 0 saturated carbocycles. The van der Waals surface area contributed by atoms with Crippen LogP contribution in [0.3, 0.4) is 0 Å². The lowest BCUT2D eigenvalue weighted by molar-refractivity contribution is -0.697. The summed E-state index contributed by atoms with van der Waals surface area (Å²) < 4.78 is 4.82. The van der Waals surface area contributed by atoms with Gasteiger partial charge in [-0.1, -0.05) is 88.5 Å². The summed E-state index contributed by atoms with van der Waals surface area (Å²) in [6, 6.07) is 9.07. The first-order valence-corrected chi connectivity index (χ1v) is 17.2. The number of hydrogen-bond acceptors (Lipinski definition) is 0. The van der Waals surface area contributed by atoms with Gasteiger partial charge >= 0.3 is 0 Å². The molecule has 1 aliphatic rings. The van der Waals surface area contributed by atoms with Gasteiger partial charge in [0.1, 0.15) is 13.1 Å². The SMILES string of the molecule is C1=C/CCc2ccc[n+](c2)CCCCCCCCCC/C=C/CCc2ccc[n+](c2)CCCCCCCCCC/1. The number of rotatable bonds is 0. The lowest BCUT2D eigenvalue weighted by Crippen LogP contribution is -2.33. The van der Waals surface area contributed by atoms with E-state index in [9.17, 15) is 0 Å². The number of allylic oxidation sites excluding steroid dienone is 4. The van der Waals surface area contributed by atoms with Gasteiger partial charge in [-0.05, 0) is 76.3 Å². The van der Waals surface area contributed by atoms with E-state index in [0.29, 0.717) is 0 Å². The number of pyridine rings is 2. The molecular weight excluding hydrogens is 484 g/mol. The van der Waals surface area contributed by atoms with E-state index in [1.807, 2.05) is 0 Å². The van der Waals surface area contributed by atoms with Crippen molar-refractivity contribution in [3.63, 3.8) is 0 Å². The first kappa shape index (κ1) is 32.3. The molecule has 0 spiro atoms. The Morgan fingerprint density at radius 1 is 0.375 bits per heavy atom. The summed E-state index contributed by atoms with van der Waals surface area (Å²) in [6.45, 7) is 2.33. The Labute approximate surface area is 247 Å². The van der Waals surface area contributed by atoms with E-state index in [1.165, 1.54) is 153 Å². The fourth-order valence-corrected chi connectivity index (χ4v) is 5.93. The summed E-state index contributed by atoms with van der Waals surface area (Å²) in [5, 5.41) is 0. The van der Waals surface area contributed by atoms with Gasteiger partial charge in [-0.3, -0.25) is 0 Å². The van der Waals surface area contributed by atoms with Gasteiger partial charge in [0.15, 0.2) is 24.8 Å². The monoisotopic (exact) mass is 544 g/mol. The van der Waals surface area contributed by atoms with Crippen LogP contribution in [0, 0.1) is 0 Å². The van der Waals surface area contributed by atoms with Gasteiger partial charge in [0.25, 0.3) is 0 Å². The first-order valence-electron chi connectivity index (χ1n) is 17.2. The molecule has 2 aromatic heterocycles. The van der Waals surface area contributed by atoms with Crippen LogP contribution in [0.5, 0.6) is 0 Å². The summed E-state index contributed by atoms with van der Waals surface area (Å²) >= 11 is 0. The maximum atomic E-state index is 2.42. The van der Waals surface area contributed by atoms with Gasteiger partial charge in [0.2, 0.25) is 0 Å². The van der Waals surface area contributed by atoms with Crippen LogP contribution in [0.4, 0.5) is 0 Å². The van der Waals surface area contributed by atoms with Crippen LogP contribution in [-0.2, 0) is 25.9 Å². The number of aromatic nitrogens is 2. The molecule has 0 unspecified atom stereocenters. The topological polar surface area (TPSA) is 7.76 Å². The third kappa shape index (κ3) is 16.1. The van der Waals surface area contributed by atoms with Crippen molar-refractivity contribution in [1.29, 1.82) is 0 Å². The Kier molecular flexibility index (Phi) is 18.1. The molecule has 0 aliphatic carbocycles. The quantitative estimate of drug-likeness (QED) is 0.230. The molecule has 0 saturated heterocycles. The van der Waals surface area contributed by atoms with Crippen molar-refractivity contribution in [3.8, 4) is 0 Å². The Bertz CT molecular complexity index is 867. The zero-order valence-electron chi connectivity index (χ0n) is 25.8. The van der Waals surface area contributed by atoms with Crippen molar-refractivity contribution in [1.82, 2.24) is 0 Å². The van der Waals surface area contributed by atoms with Gasteiger partial charge in [-0.2, -0.15) is 0 Å². The molecule has 0 aromatic carbocycles. The van der Waals surface area contributed by atoms with E-state index in [0.717, 1.165) is 12.8 Å². The Balaban J connectivity index is 1.36. The molecule has 4 bridgehead atoms. The van der Waals surface area contributed by atoms with Gasteiger partial charge in [-0.25, -0.2) is 9.13 Å². The van der Waals surface area contributed by atoms with E-state index in [4.69, 9.17) is 0 Å². The first-order chi connectivity index (χ1) is 19.9. The van der Waals surface area contributed by atoms with E-state index in [1.54, 1.807) is 0 Å². The number of aryl methyl sites for hydroxylation is 4. The number of hydrogen-bond donors (Lipinski definition) is 0. The van der Waals surface area contributed by atoms with Crippen molar-refractivity contribution in [2.24, 2.45) is 0 Å². The second kappa shape index (κ2) is 22.5. The highest BCUT2D eigenvalue weighted by molar-refractivity contribution is 5.07. The van der Waals surface area contributed by atoms with Crippen molar-refractivity contribution in [2.45, 2.75) is 154 Å². The van der Waals surface area contributed by atoms with Crippen LogP contribution < -0.4 is 9.13 Å². The van der Waals surface area contributed by atoms with E-state index < -0.39 is 0 Å². The van der Waals surface area contributed by atoms with Crippen LogP contribution >= 0.6 is 0 Å². The molecule has 40 heavy (non-hydrogen) atoms. The molecule has 0 amide bonds. The van der Waals surface area contributed by atoms with Crippen LogP contribution in [0.15, 0.2) is 73.4 Å². The van der Waals surface area contributed by atoms with Crippen LogP contribution in [0.1, 0.15) is 140 Å². The van der Waals surface area contributed by atoms with Crippen molar-refractivity contribution < 1.29 is 9.13 Å². The normalized spacial score (nSPS) is 21.0. The molecule has 3 heterocycles. The van der Waals surface area contributed by atoms with E-state index in [-0.39, 0.29) is 0 Å². The predicted octanol–water partition coefficient (Wildman–Crippen LogP) is 9.97. The van der Waals surface area contributed by atoms with Crippen molar-refractivity contribution >= 4 is 0 Å². The molecule has 0 atom stereocenters. The van der Waals surface area contributed by atoms with Gasteiger partial charge in [0, 0.05) is 36.1 Å². The molecule has 220 valence electrons. The standard InChI is InChI=1S/C38H60N2/c1-3-7-11-15-19-23-31-39-33-26-30-38(36-39)28-22-18-14-10-6-2-4-8-12-16-20-24-32-40-34-25-29-37(35-40)27-21-17-13-9-5-1/h13-14,17-18,25-26,29-30,33-36H,1-12,15-16,19-24,27-28,31-32H2/q+2/b17-13+,18-14+. The summed E-state index contributed by atoms with van der Waals surface area (Å²) in [7, 11) is 0. The van der Waals surface area contributed by atoms with Crippen LogP contribution in [-0.4, -0.2) is 0 Å². The van der Waals surface area contributed by atoms with Crippen molar-refractivity contribution in [2.75, 3.05) is 0 Å². The van der Waals surface area contributed by atoms with Crippen LogP contribution in [0.2, 0.25) is 0 Å². The second-order valence-electron chi connectivity index (χ2n) is 12.2. The summed E-state index contributed by atoms with van der Waals surface area (Å²) in [5.74, 6) is 0. The van der Waals surface area contributed by atoms with E-state index >= 15 is 0 Å². The zero-order valence-corrected chi connectivity index (χ0v) is 25.8. The lowest BCUT2D eigenvalue weighted by atomic mass is 10.1. The third-order valence-corrected chi connectivity index (χ3v) is 8.45. The smallest absolute Gasteiger partial charge is 0.171 e. The third-order valence-electron chi connectivity index (χ3n) is 8.45. The van der Waals surface area contributed by atoms with Gasteiger partial charge in [-0.15, -0.1) is 0 Å². The molecule has 3 rings (SSSR count). The average Bonchev–Trinajstić information content (AvgIpc) is 2.97. The second-order valence-corrected chi connectivity index (χ2v) is 12.2. The molecule has 2 aromatic rings. The largest absolute Gasteiger partial charge is 0.205 e. The average molecular weight is 545 g/mol. The molecule has 2 heteroatoms. The van der Waals surface area contributed by atoms with Gasteiger partial charge in [0.05, 0.1) is 0 Å². The minimum atomic E-state index is 1.16. The minimum Gasteiger partial charge on any atom is -0.205 e. The summed E-state index contributed by atoms with van der Waals surface area (Å²) in [6.07, 6.45) is 48.2. The number of nitrogens with zero attached hydrogens (tertiary/aromatic N) is 2. The van der Waals surface area contributed by atoms with E-state index in [2.05, 4.69) is 82.5 Å².